The Hall–Kier alpha value is -2.90. The Morgan fingerprint density at radius 1 is 1.00 bits per heavy atom. The van der Waals surface area contributed by atoms with Gasteiger partial charge in [-0.1, -0.05) is 18.2 Å². The zero-order chi connectivity index (χ0) is 20.2. The second-order valence-electron chi connectivity index (χ2n) is 6.51. The van der Waals surface area contributed by atoms with E-state index in [0.29, 0.717) is 11.3 Å². The minimum atomic E-state index is -0.194. The molecule has 1 atom stereocenters. The minimum Gasteiger partial charge on any atom is -0.326 e. The molecule has 0 fully saturated rings. The molecule has 7 heteroatoms. The van der Waals surface area contributed by atoms with E-state index in [0.717, 1.165) is 21.2 Å². The maximum absolute atomic E-state index is 12.6. The molecule has 0 radical (unpaired) electrons. The summed E-state index contributed by atoms with van der Waals surface area (Å²) in [5.41, 5.74) is 2.97. The Bertz CT molecular complexity index is 1040. The second kappa shape index (κ2) is 8.63. The number of hydrogen-bond donors (Lipinski definition) is 3. The lowest BCUT2D eigenvalue weighted by atomic mass is 10.2. The number of fused-ring (bicyclic) bond motifs is 1. The van der Waals surface area contributed by atoms with E-state index in [1.165, 1.54) is 23.7 Å². The highest BCUT2D eigenvalue weighted by Gasteiger charge is 2.23. The molecule has 1 unspecified atom stereocenters. The van der Waals surface area contributed by atoms with Crippen molar-refractivity contribution < 1.29 is 9.59 Å². The molecular weight excluding hydrogens is 402 g/mol. The first-order valence-electron chi connectivity index (χ1n) is 9.09. The number of benzene rings is 3. The molecule has 5 nitrogen and oxygen atoms in total. The summed E-state index contributed by atoms with van der Waals surface area (Å²) in [5, 5.41) is 5.65. The lowest BCUT2D eigenvalue weighted by Gasteiger charge is -2.22. The average molecular weight is 422 g/mol. The van der Waals surface area contributed by atoms with E-state index < -0.39 is 0 Å². The van der Waals surface area contributed by atoms with Crippen LogP contribution in [0.3, 0.4) is 0 Å². The number of amides is 2. The second-order valence-corrected chi connectivity index (χ2v) is 8.77. The van der Waals surface area contributed by atoms with E-state index in [-0.39, 0.29) is 17.1 Å². The Kier molecular flexibility index (Phi) is 5.78. The number of nitrogens with one attached hydrogen (secondary N) is 3. The number of para-hydroxylation sites is 1. The molecule has 146 valence electrons. The summed E-state index contributed by atoms with van der Waals surface area (Å²) in [6, 6.07) is 22.9. The molecule has 1 aliphatic heterocycles. The highest BCUT2D eigenvalue weighted by atomic mass is 32.2. The van der Waals surface area contributed by atoms with E-state index in [1.807, 2.05) is 61.5 Å². The average Bonchev–Trinajstić information content (AvgIpc) is 2.74. The summed E-state index contributed by atoms with van der Waals surface area (Å²) in [5.74, 6) is -0.219. The predicted molar refractivity (Wildman–Crippen MR) is 121 cm³/mol. The van der Waals surface area contributed by atoms with Gasteiger partial charge in [-0.3, -0.25) is 9.59 Å². The molecule has 1 heterocycles. The molecule has 0 aromatic heterocycles. The summed E-state index contributed by atoms with van der Waals surface area (Å²) in [6.45, 7) is 1.87. The smallest absolute Gasteiger partial charge is 0.255 e. The van der Waals surface area contributed by atoms with Crippen molar-refractivity contribution in [2.75, 3.05) is 15.4 Å². The van der Waals surface area contributed by atoms with Gasteiger partial charge >= 0.3 is 0 Å². The fourth-order valence-electron chi connectivity index (χ4n) is 2.79. The summed E-state index contributed by atoms with van der Waals surface area (Å²) in [6.07, 6.45) is 0. The van der Waals surface area contributed by atoms with Gasteiger partial charge < -0.3 is 15.4 Å². The summed E-state index contributed by atoms with van der Waals surface area (Å²) in [7, 11) is 0. The molecule has 1 aliphatic rings. The minimum absolute atomic E-state index is 0.0248. The molecule has 3 aromatic carbocycles. The number of hydrogen-bond acceptors (Lipinski definition) is 5. The topological polar surface area (TPSA) is 70.2 Å². The fraction of sp³-hybridized carbons (Fsp3) is 0.0909. The predicted octanol–water partition coefficient (Wildman–Crippen LogP) is 5.49. The molecule has 4 rings (SSSR count). The molecule has 0 saturated heterocycles. The number of carbonyl (C=O) groups is 2. The fourth-order valence-corrected chi connectivity index (χ4v) is 4.36. The lowest BCUT2D eigenvalue weighted by molar-refractivity contribution is -0.115. The van der Waals surface area contributed by atoms with Crippen LogP contribution in [0.1, 0.15) is 17.3 Å². The normalized spacial score (nSPS) is 15.2. The Morgan fingerprint density at radius 2 is 1.76 bits per heavy atom. The maximum atomic E-state index is 12.6. The summed E-state index contributed by atoms with van der Waals surface area (Å²) < 4.78 is 3.26. The number of anilines is 3. The van der Waals surface area contributed by atoms with Crippen LogP contribution >= 0.6 is 23.7 Å². The van der Waals surface area contributed by atoms with Gasteiger partial charge in [0.1, 0.15) is 0 Å². The molecule has 0 bridgehead atoms. The number of thioether (sulfide) groups is 1. The van der Waals surface area contributed by atoms with Gasteiger partial charge in [0.05, 0.1) is 10.9 Å². The lowest BCUT2D eigenvalue weighted by Crippen LogP contribution is -2.26. The summed E-state index contributed by atoms with van der Waals surface area (Å²) >= 11 is 3.00. The van der Waals surface area contributed by atoms with Crippen LogP contribution in [0.25, 0.3) is 0 Å². The van der Waals surface area contributed by atoms with Crippen molar-refractivity contribution >= 4 is 52.6 Å². The third-order valence-corrected chi connectivity index (χ3v) is 6.37. The van der Waals surface area contributed by atoms with Gasteiger partial charge in [0, 0.05) is 26.7 Å². The standard InChI is InChI=1S/C22H19N3O2S2/c1-14-21(26)24-19-13-17(9-12-20(19)28-14)23-22(27)15-7-10-18(11-8-15)29-25-16-5-3-2-4-6-16/h2-14,25H,1H3,(H,23,27)(H,24,26). The van der Waals surface area contributed by atoms with E-state index in [4.69, 9.17) is 0 Å². The van der Waals surface area contributed by atoms with Gasteiger partial charge in [-0.05, 0) is 73.5 Å². The van der Waals surface area contributed by atoms with E-state index in [2.05, 4.69) is 15.4 Å². The van der Waals surface area contributed by atoms with Crippen molar-refractivity contribution in [3.05, 3.63) is 78.4 Å². The highest BCUT2D eigenvalue weighted by Crippen LogP contribution is 2.37. The van der Waals surface area contributed by atoms with Crippen molar-refractivity contribution in [1.29, 1.82) is 0 Å². The Labute approximate surface area is 177 Å². The zero-order valence-electron chi connectivity index (χ0n) is 15.6. The Balaban J connectivity index is 1.39. The van der Waals surface area contributed by atoms with Crippen molar-refractivity contribution in [3.63, 3.8) is 0 Å². The quantitative estimate of drug-likeness (QED) is 0.475. The van der Waals surface area contributed by atoms with Crippen LogP contribution in [0.4, 0.5) is 17.1 Å². The molecule has 29 heavy (non-hydrogen) atoms. The first kappa shape index (κ1) is 19.4. The zero-order valence-corrected chi connectivity index (χ0v) is 17.3. The Morgan fingerprint density at radius 3 is 2.52 bits per heavy atom. The maximum Gasteiger partial charge on any atom is 0.255 e. The molecule has 0 aliphatic carbocycles. The third kappa shape index (κ3) is 4.75. The monoisotopic (exact) mass is 421 g/mol. The van der Waals surface area contributed by atoms with E-state index >= 15 is 0 Å². The number of carbonyl (C=O) groups excluding carboxylic acids is 2. The van der Waals surface area contributed by atoms with Crippen LogP contribution in [-0.2, 0) is 4.79 Å². The first-order valence-corrected chi connectivity index (χ1v) is 10.8. The van der Waals surface area contributed by atoms with Gasteiger partial charge in [-0.2, -0.15) is 0 Å². The highest BCUT2D eigenvalue weighted by molar-refractivity contribution is 8.01. The molecular formula is C22H19N3O2S2. The third-order valence-electron chi connectivity index (χ3n) is 4.35. The first-order chi connectivity index (χ1) is 14.1. The van der Waals surface area contributed by atoms with Crippen LogP contribution < -0.4 is 15.4 Å². The summed E-state index contributed by atoms with van der Waals surface area (Å²) in [4.78, 5) is 26.4. The van der Waals surface area contributed by atoms with Crippen LogP contribution in [0.2, 0.25) is 0 Å². The molecule has 3 N–H and O–H groups in total. The van der Waals surface area contributed by atoms with Crippen LogP contribution in [0.15, 0.2) is 82.6 Å². The van der Waals surface area contributed by atoms with E-state index in [9.17, 15) is 9.59 Å². The molecule has 0 spiro atoms. The van der Waals surface area contributed by atoms with Crippen LogP contribution in [0, 0.1) is 0 Å². The van der Waals surface area contributed by atoms with Gasteiger partial charge in [0.2, 0.25) is 5.91 Å². The largest absolute Gasteiger partial charge is 0.326 e. The van der Waals surface area contributed by atoms with Crippen molar-refractivity contribution in [1.82, 2.24) is 0 Å². The number of rotatable bonds is 5. The molecule has 0 saturated carbocycles. The molecule has 3 aromatic rings. The van der Waals surface area contributed by atoms with Crippen molar-refractivity contribution in [2.24, 2.45) is 0 Å². The van der Waals surface area contributed by atoms with Crippen LogP contribution in [-0.4, -0.2) is 17.1 Å². The van der Waals surface area contributed by atoms with Crippen LogP contribution in [0.5, 0.6) is 0 Å². The van der Waals surface area contributed by atoms with Crippen molar-refractivity contribution in [2.45, 2.75) is 22.0 Å². The van der Waals surface area contributed by atoms with Crippen molar-refractivity contribution in [3.8, 4) is 0 Å². The van der Waals surface area contributed by atoms with E-state index in [1.54, 1.807) is 18.2 Å². The van der Waals surface area contributed by atoms with Gasteiger partial charge in [0.15, 0.2) is 0 Å². The van der Waals surface area contributed by atoms with Gasteiger partial charge in [0.25, 0.3) is 5.91 Å². The molecule has 2 amide bonds. The SMILES string of the molecule is CC1Sc2ccc(NC(=O)c3ccc(SNc4ccccc4)cc3)cc2NC1=O. The van der Waals surface area contributed by atoms with Gasteiger partial charge in [-0.15, -0.1) is 11.8 Å². The van der Waals surface area contributed by atoms with Gasteiger partial charge in [-0.25, -0.2) is 0 Å².